The van der Waals surface area contributed by atoms with Crippen LogP contribution in [0, 0.1) is 0 Å². The summed E-state index contributed by atoms with van der Waals surface area (Å²) in [5, 5.41) is 2.97. The molecule has 6 nitrogen and oxygen atoms in total. The van der Waals surface area contributed by atoms with Crippen LogP contribution in [0.4, 0.5) is 0 Å². The number of hydrogen-bond acceptors (Lipinski definition) is 4. The maximum atomic E-state index is 11.6. The second-order valence-electron chi connectivity index (χ2n) is 6.84. The van der Waals surface area contributed by atoms with Crippen LogP contribution in [-0.4, -0.2) is 46.1 Å². The van der Waals surface area contributed by atoms with Gasteiger partial charge in [-0.2, -0.15) is 0 Å². The first kappa shape index (κ1) is 18.5. The van der Waals surface area contributed by atoms with E-state index >= 15 is 0 Å². The summed E-state index contributed by atoms with van der Waals surface area (Å²) in [5.74, 6) is 1.09. The van der Waals surface area contributed by atoms with Crippen LogP contribution in [0.25, 0.3) is 0 Å². The number of imidazole rings is 1. The van der Waals surface area contributed by atoms with E-state index in [1.807, 2.05) is 30.7 Å². The molecule has 1 atom stereocenters. The lowest BCUT2D eigenvalue weighted by atomic mass is 10.1. The molecule has 1 fully saturated rings. The van der Waals surface area contributed by atoms with Gasteiger partial charge < -0.3 is 14.6 Å². The molecular weight excluding hydrogens is 328 g/mol. The van der Waals surface area contributed by atoms with Crippen LogP contribution in [0.1, 0.15) is 31.7 Å². The number of carbonyl (C=O) groups excluding carboxylic acids is 1. The molecule has 0 unspecified atom stereocenters. The molecule has 2 aromatic rings. The highest BCUT2D eigenvalue weighted by Gasteiger charge is 2.21. The van der Waals surface area contributed by atoms with Crippen molar-refractivity contribution in [1.29, 1.82) is 0 Å². The van der Waals surface area contributed by atoms with Crippen LogP contribution in [0.5, 0.6) is 5.75 Å². The number of ether oxygens (including phenoxy) is 1. The number of benzene rings is 1. The Morgan fingerprint density at radius 1 is 1.31 bits per heavy atom. The summed E-state index contributed by atoms with van der Waals surface area (Å²) < 4.78 is 8.14. The predicted molar refractivity (Wildman–Crippen MR) is 101 cm³/mol. The zero-order chi connectivity index (χ0) is 18.2. The fraction of sp³-hybridized carbons (Fsp3) is 0.500. The smallest absolute Gasteiger partial charge is 0.221 e. The van der Waals surface area contributed by atoms with Gasteiger partial charge >= 0.3 is 0 Å². The van der Waals surface area contributed by atoms with Gasteiger partial charge in [0.25, 0.3) is 0 Å². The summed E-state index contributed by atoms with van der Waals surface area (Å²) in [6.45, 7) is 6.13. The number of hydrogen-bond donors (Lipinski definition) is 1. The number of nitrogens with zero attached hydrogens (tertiary/aromatic N) is 3. The van der Waals surface area contributed by atoms with Crippen LogP contribution in [-0.2, 0) is 17.9 Å². The predicted octanol–water partition coefficient (Wildman–Crippen LogP) is 2.45. The van der Waals surface area contributed by atoms with Crippen molar-refractivity contribution in [2.24, 2.45) is 0 Å². The molecule has 1 aromatic heterocycles. The van der Waals surface area contributed by atoms with Gasteiger partial charge in [-0.25, -0.2) is 4.98 Å². The molecule has 1 aromatic carbocycles. The van der Waals surface area contributed by atoms with Crippen molar-refractivity contribution in [1.82, 2.24) is 19.8 Å². The van der Waals surface area contributed by atoms with Gasteiger partial charge in [0.1, 0.15) is 5.75 Å². The number of amides is 1. The van der Waals surface area contributed by atoms with E-state index in [9.17, 15) is 4.79 Å². The van der Waals surface area contributed by atoms with Crippen LogP contribution in [0.3, 0.4) is 0 Å². The molecular formula is C20H28N4O2. The number of aryl methyl sites for hydroxylation is 1. The zero-order valence-electron chi connectivity index (χ0n) is 15.4. The van der Waals surface area contributed by atoms with Crippen molar-refractivity contribution in [3.8, 4) is 5.75 Å². The van der Waals surface area contributed by atoms with Crippen LogP contribution in [0.15, 0.2) is 43.0 Å². The molecule has 26 heavy (non-hydrogen) atoms. The average molecular weight is 356 g/mol. The molecule has 0 bridgehead atoms. The van der Waals surface area contributed by atoms with Crippen molar-refractivity contribution >= 4 is 5.91 Å². The summed E-state index contributed by atoms with van der Waals surface area (Å²) in [5.41, 5.74) is 1.18. The molecule has 1 N–H and O–H groups in total. The van der Waals surface area contributed by atoms with Gasteiger partial charge in [-0.3, -0.25) is 9.69 Å². The van der Waals surface area contributed by atoms with Gasteiger partial charge in [-0.05, 0) is 25.8 Å². The summed E-state index contributed by atoms with van der Waals surface area (Å²) >= 11 is 0. The Morgan fingerprint density at radius 3 is 3.04 bits per heavy atom. The number of rotatable bonds is 8. The fourth-order valence-corrected chi connectivity index (χ4v) is 3.17. The standard InChI is InChI=1S/C20H28N4O2/c1-17-14-22-20(25)8-11-24(17)15-18-6-2-3-7-19(18)26-13-5-4-10-23-12-9-21-16-23/h2-3,6-7,9,12,16-17H,4-5,8,10-11,13-15H2,1H3,(H,22,25)/t17-/m0/s1. The molecule has 0 aliphatic carbocycles. The first-order valence-corrected chi connectivity index (χ1v) is 9.39. The Balaban J connectivity index is 1.50. The van der Waals surface area contributed by atoms with Crippen LogP contribution < -0.4 is 10.1 Å². The third-order valence-corrected chi connectivity index (χ3v) is 4.82. The van der Waals surface area contributed by atoms with E-state index in [-0.39, 0.29) is 5.91 Å². The van der Waals surface area contributed by atoms with Crippen molar-refractivity contribution in [2.75, 3.05) is 19.7 Å². The second kappa shape index (κ2) is 9.38. The number of unbranched alkanes of at least 4 members (excludes halogenated alkanes) is 1. The molecule has 0 spiro atoms. The molecule has 0 radical (unpaired) electrons. The van der Waals surface area contributed by atoms with Gasteiger partial charge in [-0.1, -0.05) is 18.2 Å². The summed E-state index contributed by atoms with van der Waals surface area (Å²) in [4.78, 5) is 18.0. The number of aromatic nitrogens is 2. The Hall–Kier alpha value is -2.34. The minimum Gasteiger partial charge on any atom is -0.493 e. The highest BCUT2D eigenvalue weighted by Crippen LogP contribution is 2.22. The van der Waals surface area contributed by atoms with Crippen LogP contribution in [0.2, 0.25) is 0 Å². The third-order valence-electron chi connectivity index (χ3n) is 4.82. The van der Waals surface area contributed by atoms with Gasteiger partial charge in [-0.15, -0.1) is 0 Å². The Bertz CT molecular complexity index is 687. The third kappa shape index (κ3) is 5.33. The number of carbonyl (C=O) groups is 1. The Kier molecular flexibility index (Phi) is 6.66. The van der Waals surface area contributed by atoms with Gasteiger partial charge in [0.05, 0.1) is 12.9 Å². The Morgan fingerprint density at radius 2 is 2.19 bits per heavy atom. The number of para-hydroxylation sites is 1. The molecule has 1 aliphatic heterocycles. The summed E-state index contributed by atoms with van der Waals surface area (Å²) in [7, 11) is 0. The average Bonchev–Trinajstić information content (AvgIpc) is 3.12. The maximum absolute atomic E-state index is 11.6. The van der Waals surface area contributed by atoms with E-state index in [0.29, 0.717) is 25.6 Å². The highest BCUT2D eigenvalue weighted by molar-refractivity contribution is 5.76. The van der Waals surface area contributed by atoms with Gasteiger partial charge in [0.2, 0.25) is 5.91 Å². The minimum absolute atomic E-state index is 0.141. The van der Waals surface area contributed by atoms with Gasteiger partial charge in [0.15, 0.2) is 0 Å². The molecule has 6 heteroatoms. The molecule has 1 amide bonds. The van der Waals surface area contributed by atoms with E-state index in [1.54, 1.807) is 6.20 Å². The van der Waals surface area contributed by atoms with Crippen molar-refractivity contribution in [3.05, 3.63) is 48.5 Å². The number of nitrogens with one attached hydrogen (secondary N) is 1. The monoisotopic (exact) mass is 356 g/mol. The molecule has 3 rings (SSSR count). The molecule has 2 heterocycles. The minimum atomic E-state index is 0.141. The zero-order valence-corrected chi connectivity index (χ0v) is 15.4. The largest absolute Gasteiger partial charge is 0.493 e. The van der Waals surface area contributed by atoms with E-state index in [0.717, 1.165) is 38.2 Å². The lowest BCUT2D eigenvalue weighted by Gasteiger charge is -2.27. The topological polar surface area (TPSA) is 59.4 Å². The lowest BCUT2D eigenvalue weighted by Crippen LogP contribution is -2.37. The van der Waals surface area contributed by atoms with Crippen molar-refractivity contribution in [3.63, 3.8) is 0 Å². The molecule has 140 valence electrons. The van der Waals surface area contributed by atoms with Crippen LogP contribution >= 0.6 is 0 Å². The second-order valence-corrected chi connectivity index (χ2v) is 6.84. The molecule has 1 saturated heterocycles. The van der Waals surface area contributed by atoms with Crippen molar-refractivity contribution in [2.45, 2.75) is 45.3 Å². The highest BCUT2D eigenvalue weighted by atomic mass is 16.5. The van der Waals surface area contributed by atoms with Gasteiger partial charge in [0, 0.05) is 56.6 Å². The first-order valence-electron chi connectivity index (χ1n) is 9.39. The van der Waals surface area contributed by atoms with E-state index < -0.39 is 0 Å². The molecule has 1 aliphatic rings. The lowest BCUT2D eigenvalue weighted by molar-refractivity contribution is -0.120. The normalized spacial score (nSPS) is 18.3. The molecule has 0 saturated carbocycles. The van der Waals surface area contributed by atoms with E-state index in [1.165, 1.54) is 5.56 Å². The Labute approximate surface area is 155 Å². The summed E-state index contributed by atoms with van der Waals surface area (Å²) in [6, 6.07) is 8.55. The van der Waals surface area contributed by atoms with E-state index in [4.69, 9.17) is 4.74 Å². The maximum Gasteiger partial charge on any atom is 0.221 e. The summed E-state index contributed by atoms with van der Waals surface area (Å²) in [6.07, 6.45) is 8.26. The fourth-order valence-electron chi connectivity index (χ4n) is 3.17. The van der Waals surface area contributed by atoms with Crippen molar-refractivity contribution < 1.29 is 9.53 Å². The SMILES string of the molecule is C[C@H]1CNC(=O)CCN1Cc1ccccc1OCCCCn1ccnc1. The van der Waals surface area contributed by atoms with E-state index in [2.05, 4.69) is 32.8 Å². The first-order chi connectivity index (χ1) is 12.7. The quantitative estimate of drug-likeness (QED) is 0.738.